The van der Waals surface area contributed by atoms with E-state index in [9.17, 15) is 4.79 Å². The summed E-state index contributed by atoms with van der Waals surface area (Å²) < 4.78 is 4.80. The van der Waals surface area contributed by atoms with E-state index in [0.29, 0.717) is 0 Å². The molecule has 0 fully saturated rings. The lowest BCUT2D eigenvalue weighted by molar-refractivity contribution is -0.140. The summed E-state index contributed by atoms with van der Waals surface area (Å²) in [7, 11) is 0. The van der Waals surface area contributed by atoms with E-state index >= 15 is 0 Å². The average molecular weight is 152 g/mol. The number of terminal acetylenes is 1. The Kier molecular flexibility index (Phi) is 4.93. The number of carbonyl (C=O) groups is 1. The number of ether oxygens (including phenoxy) is 1. The summed E-state index contributed by atoms with van der Waals surface area (Å²) in [6.45, 7) is 5.52. The lowest BCUT2D eigenvalue weighted by Crippen LogP contribution is -2.13. The second kappa shape index (κ2) is 5.55. The number of carbonyl (C=O) groups excluding carboxylic acids is 1. The first-order chi connectivity index (χ1) is 5.24. The zero-order valence-electron chi connectivity index (χ0n) is 6.67. The average Bonchev–Trinajstić information content (AvgIpc) is 2.03. The molecule has 0 N–H and O–H groups in total. The second-order valence-electron chi connectivity index (χ2n) is 2.11. The summed E-state index contributed by atoms with van der Waals surface area (Å²) in [6, 6.07) is 0. The number of rotatable bonds is 4. The van der Waals surface area contributed by atoms with Gasteiger partial charge in [-0.15, -0.1) is 6.42 Å². The first-order valence-corrected chi connectivity index (χ1v) is 3.54. The van der Waals surface area contributed by atoms with E-state index in [1.165, 1.54) is 0 Å². The molecule has 1 atom stereocenters. The van der Waals surface area contributed by atoms with Crippen LogP contribution in [-0.4, -0.2) is 12.1 Å². The van der Waals surface area contributed by atoms with Gasteiger partial charge in [-0.25, -0.2) is 4.79 Å². The monoisotopic (exact) mass is 152 g/mol. The lowest BCUT2D eigenvalue weighted by Gasteiger charge is -2.09. The molecular formula is C9H12O2. The molecule has 0 aliphatic heterocycles. The Hall–Kier alpha value is -1.23. The molecule has 0 saturated heterocycles. The van der Waals surface area contributed by atoms with Crippen LogP contribution in [0.2, 0.25) is 0 Å². The summed E-state index contributed by atoms with van der Waals surface area (Å²) in [5.41, 5.74) is 0. The van der Waals surface area contributed by atoms with Gasteiger partial charge in [0.05, 0.1) is 0 Å². The molecule has 0 bridgehead atoms. The van der Waals surface area contributed by atoms with E-state index in [-0.39, 0.29) is 6.10 Å². The van der Waals surface area contributed by atoms with Gasteiger partial charge in [0, 0.05) is 5.92 Å². The van der Waals surface area contributed by atoms with Crippen molar-refractivity contribution < 1.29 is 9.53 Å². The first-order valence-electron chi connectivity index (χ1n) is 3.54. The highest BCUT2D eigenvalue weighted by Gasteiger charge is 2.06. The molecule has 0 aliphatic rings. The van der Waals surface area contributed by atoms with Crippen molar-refractivity contribution in [1.29, 1.82) is 0 Å². The zero-order valence-corrected chi connectivity index (χ0v) is 6.67. The summed E-state index contributed by atoms with van der Waals surface area (Å²) >= 11 is 0. The van der Waals surface area contributed by atoms with Crippen molar-refractivity contribution in [2.45, 2.75) is 25.9 Å². The van der Waals surface area contributed by atoms with E-state index in [2.05, 4.69) is 6.58 Å². The van der Waals surface area contributed by atoms with Gasteiger partial charge in [-0.3, -0.25) is 0 Å². The standard InChI is InChI=1S/C9H12O2/c1-4-7-8(5-2)11-9(10)6-3/h3,5,8H,2,4,7H2,1H3. The molecule has 0 amide bonds. The molecule has 1 unspecified atom stereocenters. The third kappa shape index (κ3) is 4.21. The smallest absolute Gasteiger partial charge is 0.384 e. The number of esters is 1. The van der Waals surface area contributed by atoms with Gasteiger partial charge in [-0.1, -0.05) is 26.0 Å². The van der Waals surface area contributed by atoms with Crippen molar-refractivity contribution in [3.63, 3.8) is 0 Å². The van der Waals surface area contributed by atoms with Crippen molar-refractivity contribution in [3.05, 3.63) is 12.7 Å². The number of hydrogen-bond donors (Lipinski definition) is 0. The summed E-state index contributed by atoms with van der Waals surface area (Å²) in [4.78, 5) is 10.5. The summed E-state index contributed by atoms with van der Waals surface area (Å²) in [5.74, 6) is 1.26. The molecule has 0 aromatic rings. The van der Waals surface area contributed by atoms with E-state index < -0.39 is 5.97 Å². The summed E-state index contributed by atoms with van der Waals surface area (Å²) in [6.07, 6.45) is 7.88. The Balaban J connectivity index is 3.79. The maximum atomic E-state index is 10.5. The Bertz CT molecular complexity index is 176. The van der Waals surface area contributed by atoms with Crippen LogP contribution < -0.4 is 0 Å². The highest BCUT2D eigenvalue weighted by Crippen LogP contribution is 2.02. The third-order valence-corrected chi connectivity index (χ3v) is 1.21. The maximum Gasteiger partial charge on any atom is 0.384 e. The van der Waals surface area contributed by atoms with Crippen LogP contribution in [0.25, 0.3) is 0 Å². The Morgan fingerprint density at radius 2 is 2.55 bits per heavy atom. The van der Waals surface area contributed by atoms with Crippen molar-refractivity contribution in [1.82, 2.24) is 0 Å². The predicted octanol–water partition coefficient (Wildman–Crippen LogP) is 1.52. The fourth-order valence-corrected chi connectivity index (χ4v) is 0.681. The SMILES string of the molecule is C#CC(=O)OC(C=C)CCC. The van der Waals surface area contributed by atoms with Crippen LogP contribution in [0.15, 0.2) is 12.7 Å². The topological polar surface area (TPSA) is 26.3 Å². The Labute approximate surface area is 67.2 Å². The predicted molar refractivity (Wildman–Crippen MR) is 43.8 cm³/mol. The zero-order chi connectivity index (χ0) is 8.69. The molecule has 0 aromatic heterocycles. The van der Waals surface area contributed by atoms with Crippen LogP contribution in [0.4, 0.5) is 0 Å². The second-order valence-corrected chi connectivity index (χ2v) is 2.11. The minimum atomic E-state index is -0.622. The quantitative estimate of drug-likeness (QED) is 0.264. The highest BCUT2D eigenvalue weighted by atomic mass is 16.5. The van der Waals surface area contributed by atoms with Crippen LogP contribution >= 0.6 is 0 Å². The third-order valence-electron chi connectivity index (χ3n) is 1.21. The molecule has 0 aliphatic carbocycles. The van der Waals surface area contributed by atoms with Gasteiger partial charge in [-0.2, -0.15) is 0 Å². The van der Waals surface area contributed by atoms with Crippen molar-refractivity contribution in [3.8, 4) is 12.3 Å². The van der Waals surface area contributed by atoms with Gasteiger partial charge >= 0.3 is 5.97 Å². The maximum absolute atomic E-state index is 10.5. The fourth-order valence-electron chi connectivity index (χ4n) is 0.681. The molecule has 11 heavy (non-hydrogen) atoms. The van der Waals surface area contributed by atoms with E-state index in [1.54, 1.807) is 6.08 Å². The molecule has 60 valence electrons. The Morgan fingerprint density at radius 3 is 2.91 bits per heavy atom. The molecule has 0 radical (unpaired) electrons. The van der Waals surface area contributed by atoms with Crippen molar-refractivity contribution in [2.24, 2.45) is 0 Å². The van der Waals surface area contributed by atoms with E-state index in [1.807, 2.05) is 12.8 Å². The van der Waals surface area contributed by atoms with Crippen LogP contribution in [0, 0.1) is 12.3 Å². The first kappa shape index (κ1) is 9.77. The lowest BCUT2D eigenvalue weighted by atomic mass is 10.2. The van der Waals surface area contributed by atoms with Gasteiger partial charge in [0.15, 0.2) is 0 Å². The molecular weight excluding hydrogens is 140 g/mol. The fraction of sp³-hybridized carbons (Fsp3) is 0.444. The van der Waals surface area contributed by atoms with Crippen LogP contribution in [-0.2, 0) is 9.53 Å². The Morgan fingerprint density at radius 1 is 1.91 bits per heavy atom. The van der Waals surface area contributed by atoms with Gasteiger partial charge in [-0.05, 0) is 6.42 Å². The molecule has 2 heteroatoms. The summed E-state index contributed by atoms with van der Waals surface area (Å²) in [5, 5.41) is 0. The largest absolute Gasteiger partial charge is 0.449 e. The van der Waals surface area contributed by atoms with E-state index in [0.717, 1.165) is 12.8 Å². The molecule has 0 aromatic carbocycles. The minimum absolute atomic E-state index is 0.233. The molecule has 2 nitrogen and oxygen atoms in total. The van der Waals surface area contributed by atoms with Crippen molar-refractivity contribution >= 4 is 5.97 Å². The van der Waals surface area contributed by atoms with Gasteiger partial charge < -0.3 is 4.74 Å². The molecule has 0 rings (SSSR count). The van der Waals surface area contributed by atoms with Crippen LogP contribution in [0.1, 0.15) is 19.8 Å². The minimum Gasteiger partial charge on any atom is -0.449 e. The van der Waals surface area contributed by atoms with Crippen LogP contribution in [0.3, 0.4) is 0 Å². The van der Waals surface area contributed by atoms with Gasteiger partial charge in [0.25, 0.3) is 0 Å². The molecule has 0 spiro atoms. The molecule has 0 heterocycles. The van der Waals surface area contributed by atoms with Crippen LogP contribution in [0.5, 0.6) is 0 Å². The number of hydrogen-bond acceptors (Lipinski definition) is 2. The van der Waals surface area contributed by atoms with Gasteiger partial charge in [0.2, 0.25) is 0 Å². The van der Waals surface area contributed by atoms with E-state index in [4.69, 9.17) is 11.2 Å². The molecule has 0 saturated carbocycles. The highest BCUT2D eigenvalue weighted by molar-refractivity contribution is 5.87. The normalized spacial score (nSPS) is 11.3. The van der Waals surface area contributed by atoms with Crippen molar-refractivity contribution in [2.75, 3.05) is 0 Å². The van der Waals surface area contributed by atoms with Gasteiger partial charge in [0.1, 0.15) is 6.10 Å².